The smallest absolute Gasteiger partial charge is 0.228 e. The molecule has 1 amide bonds. The molecule has 0 aromatic carbocycles. The summed E-state index contributed by atoms with van der Waals surface area (Å²) in [6.45, 7) is 0. The van der Waals surface area contributed by atoms with Gasteiger partial charge < -0.3 is 5.32 Å². The Kier molecular flexibility index (Phi) is 3.51. The third kappa shape index (κ3) is 2.78. The number of nitrogens with one attached hydrogen (secondary N) is 1. The Hall–Kier alpha value is -1.42. The van der Waals surface area contributed by atoms with Gasteiger partial charge in [0.25, 0.3) is 0 Å². The van der Waals surface area contributed by atoms with Gasteiger partial charge in [0.05, 0.1) is 0 Å². The highest BCUT2D eigenvalue weighted by Crippen LogP contribution is 2.33. The number of aromatic nitrogens is 1. The Balaban J connectivity index is 1.59. The SMILES string of the molecule is CN(C(=O)CC1CC2CCC(C1)N2)c1ccccn1. The van der Waals surface area contributed by atoms with E-state index in [1.807, 2.05) is 25.2 Å². The number of pyridine rings is 1. The second kappa shape index (κ2) is 5.29. The molecule has 19 heavy (non-hydrogen) atoms. The van der Waals surface area contributed by atoms with Crippen molar-refractivity contribution < 1.29 is 4.79 Å². The van der Waals surface area contributed by atoms with Gasteiger partial charge in [-0.1, -0.05) is 6.07 Å². The average molecular weight is 259 g/mol. The van der Waals surface area contributed by atoms with Gasteiger partial charge in [0.15, 0.2) is 0 Å². The third-order valence-corrected chi connectivity index (χ3v) is 4.40. The highest BCUT2D eigenvalue weighted by molar-refractivity contribution is 5.91. The zero-order valence-electron chi connectivity index (χ0n) is 11.4. The summed E-state index contributed by atoms with van der Waals surface area (Å²) in [5.41, 5.74) is 0. The number of hydrogen-bond donors (Lipinski definition) is 1. The second-order valence-corrected chi connectivity index (χ2v) is 5.82. The van der Waals surface area contributed by atoms with Crippen LogP contribution in [0.3, 0.4) is 0 Å². The van der Waals surface area contributed by atoms with Gasteiger partial charge in [-0.3, -0.25) is 9.69 Å². The van der Waals surface area contributed by atoms with Crippen molar-refractivity contribution in [3.05, 3.63) is 24.4 Å². The molecule has 2 aliphatic heterocycles. The van der Waals surface area contributed by atoms with Crippen molar-refractivity contribution in [3.63, 3.8) is 0 Å². The van der Waals surface area contributed by atoms with E-state index >= 15 is 0 Å². The van der Waals surface area contributed by atoms with Crippen molar-refractivity contribution in [2.45, 2.75) is 44.2 Å². The first kappa shape index (κ1) is 12.6. The summed E-state index contributed by atoms with van der Waals surface area (Å²) in [5.74, 6) is 1.46. The molecule has 3 heterocycles. The molecule has 2 fully saturated rings. The van der Waals surface area contributed by atoms with E-state index in [1.54, 1.807) is 11.1 Å². The van der Waals surface area contributed by atoms with E-state index in [4.69, 9.17) is 0 Å². The van der Waals surface area contributed by atoms with Gasteiger partial charge in [-0.25, -0.2) is 4.98 Å². The lowest BCUT2D eigenvalue weighted by Crippen LogP contribution is -2.40. The average Bonchev–Trinajstić information content (AvgIpc) is 2.78. The van der Waals surface area contributed by atoms with Gasteiger partial charge in [0, 0.05) is 31.7 Å². The number of carbonyl (C=O) groups excluding carboxylic acids is 1. The van der Waals surface area contributed by atoms with Crippen molar-refractivity contribution in [1.82, 2.24) is 10.3 Å². The first-order valence-corrected chi connectivity index (χ1v) is 7.16. The van der Waals surface area contributed by atoms with Crippen LogP contribution in [0.2, 0.25) is 0 Å². The molecule has 0 spiro atoms. The summed E-state index contributed by atoms with van der Waals surface area (Å²) in [7, 11) is 1.82. The molecule has 0 radical (unpaired) electrons. The molecular weight excluding hydrogens is 238 g/mol. The van der Waals surface area contributed by atoms with Crippen LogP contribution >= 0.6 is 0 Å². The molecule has 1 aromatic rings. The maximum atomic E-state index is 12.3. The lowest BCUT2D eigenvalue weighted by molar-refractivity contribution is -0.119. The van der Waals surface area contributed by atoms with Crippen LogP contribution in [0.25, 0.3) is 0 Å². The van der Waals surface area contributed by atoms with E-state index in [-0.39, 0.29) is 5.91 Å². The summed E-state index contributed by atoms with van der Waals surface area (Å²) in [4.78, 5) is 18.2. The largest absolute Gasteiger partial charge is 0.311 e. The molecule has 2 bridgehead atoms. The third-order valence-electron chi connectivity index (χ3n) is 4.40. The molecule has 1 aromatic heterocycles. The summed E-state index contributed by atoms with van der Waals surface area (Å²) in [5, 5.41) is 3.62. The molecule has 102 valence electrons. The van der Waals surface area contributed by atoms with Crippen LogP contribution in [0.4, 0.5) is 5.82 Å². The maximum absolute atomic E-state index is 12.3. The molecule has 3 rings (SSSR count). The normalized spacial score (nSPS) is 29.2. The number of nitrogens with zero attached hydrogens (tertiary/aromatic N) is 2. The Labute approximate surface area is 114 Å². The number of hydrogen-bond acceptors (Lipinski definition) is 3. The van der Waals surface area contributed by atoms with Gasteiger partial charge in [-0.2, -0.15) is 0 Å². The molecule has 2 unspecified atom stereocenters. The molecule has 2 atom stereocenters. The monoisotopic (exact) mass is 259 g/mol. The van der Waals surface area contributed by atoms with Gasteiger partial charge >= 0.3 is 0 Å². The van der Waals surface area contributed by atoms with E-state index in [0.717, 1.165) is 18.7 Å². The lowest BCUT2D eigenvalue weighted by Gasteiger charge is -2.29. The molecule has 0 aliphatic carbocycles. The van der Waals surface area contributed by atoms with Crippen molar-refractivity contribution in [2.75, 3.05) is 11.9 Å². The minimum absolute atomic E-state index is 0.185. The van der Waals surface area contributed by atoms with Gasteiger partial charge in [-0.15, -0.1) is 0 Å². The van der Waals surface area contributed by atoms with Crippen molar-refractivity contribution >= 4 is 11.7 Å². The van der Waals surface area contributed by atoms with Crippen LogP contribution in [-0.2, 0) is 4.79 Å². The highest BCUT2D eigenvalue weighted by Gasteiger charge is 2.34. The van der Waals surface area contributed by atoms with Crippen LogP contribution in [0.1, 0.15) is 32.1 Å². The first-order chi connectivity index (χ1) is 9.22. The standard InChI is InChI=1S/C15H21N3O/c1-18(14-4-2-3-7-16-14)15(19)10-11-8-12-5-6-13(9-11)17-12/h2-4,7,11-13,17H,5-6,8-10H2,1H3. The quantitative estimate of drug-likeness (QED) is 0.902. The van der Waals surface area contributed by atoms with Gasteiger partial charge in [0.2, 0.25) is 5.91 Å². The fourth-order valence-electron chi connectivity index (χ4n) is 3.41. The number of anilines is 1. The molecule has 0 saturated carbocycles. The van der Waals surface area contributed by atoms with E-state index in [2.05, 4.69) is 10.3 Å². The number of rotatable bonds is 3. The number of amides is 1. The predicted molar refractivity (Wildman–Crippen MR) is 74.9 cm³/mol. The first-order valence-electron chi connectivity index (χ1n) is 7.16. The minimum Gasteiger partial charge on any atom is -0.311 e. The van der Waals surface area contributed by atoms with Gasteiger partial charge in [-0.05, 0) is 43.7 Å². The topological polar surface area (TPSA) is 45.2 Å². The van der Waals surface area contributed by atoms with Crippen LogP contribution in [0.15, 0.2) is 24.4 Å². The molecular formula is C15H21N3O. The Morgan fingerprint density at radius 3 is 2.74 bits per heavy atom. The Morgan fingerprint density at radius 1 is 1.37 bits per heavy atom. The van der Waals surface area contributed by atoms with E-state index in [0.29, 0.717) is 24.4 Å². The Bertz CT molecular complexity index is 436. The van der Waals surface area contributed by atoms with E-state index in [9.17, 15) is 4.79 Å². The molecule has 1 N–H and O–H groups in total. The number of fused-ring (bicyclic) bond motifs is 2. The lowest BCUT2D eigenvalue weighted by atomic mass is 9.89. The maximum Gasteiger partial charge on any atom is 0.228 e. The minimum atomic E-state index is 0.185. The molecule has 4 heteroatoms. The van der Waals surface area contributed by atoms with Crippen LogP contribution in [-0.4, -0.2) is 30.0 Å². The fourth-order valence-corrected chi connectivity index (χ4v) is 3.41. The van der Waals surface area contributed by atoms with E-state index < -0.39 is 0 Å². The van der Waals surface area contributed by atoms with Crippen LogP contribution in [0, 0.1) is 5.92 Å². The molecule has 2 saturated heterocycles. The van der Waals surface area contributed by atoms with Crippen molar-refractivity contribution in [2.24, 2.45) is 5.92 Å². The number of piperidine rings is 1. The van der Waals surface area contributed by atoms with Crippen LogP contribution in [0.5, 0.6) is 0 Å². The summed E-state index contributed by atoms with van der Waals surface area (Å²) >= 11 is 0. The van der Waals surface area contributed by atoms with E-state index in [1.165, 1.54) is 12.8 Å². The van der Waals surface area contributed by atoms with Gasteiger partial charge in [0.1, 0.15) is 5.82 Å². The summed E-state index contributed by atoms with van der Waals surface area (Å²) in [6.07, 6.45) is 7.25. The molecule has 4 nitrogen and oxygen atoms in total. The summed E-state index contributed by atoms with van der Waals surface area (Å²) in [6, 6.07) is 6.96. The zero-order valence-corrected chi connectivity index (χ0v) is 11.4. The second-order valence-electron chi connectivity index (χ2n) is 5.82. The fraction of sp³-hybridized carbons (Fsp3) is 0.600. The van der Waals surface area contributed by atoms with Crippen molar-refractivity contribution in [3.8, 4) is 0 Å². The molecule has 2 aliphatic rings. The zero-order chi connectivity index (χ0) is 13.2. The van der Waals surface area contributed by atoms with Crippen molar-refractivity contribution in [1.29, 1.82) is 0 Å². The predicted octanol–water partition coefficient (Wildman–Crippen LogP) is 1.97. The Morgan fingerprint density at radius 2 is 2.11 bits per heavy atom. The highest BCUT2D eigenvalue weighted by atomic mass is 16.2. The summed E-state index contributed by atoms with van der Waals surface area (Å²) < 4.78 is 0. The van der Waals surface area contributed by atoms with Crippen LogP contribution < -0.4 is 10.2 Å². The number of carbonyl (C=O) groups is 1.